The van der Waals surface area contributed by atoms with Crippen LogP contribution < -0.4 is 4.74 Å². The lowest BCUT2D eigenvalue weighted by molar-refractivity contribution is -0.0147. The van der Waals surface area contributed by atoms with E-state index < -0.39 is 11.4 Å². The van der Waals surface area contributed by atoms with Crippen molar-refractivity contribution in [1.29, 1.82) is 0 Å². The fraction of sp³-hybridized carbons (Fsp3) is 0.474. The number of piperidine rings is 1. The van der Waals surface area contributed by atoms with E-state index in [1.54, 1.807) is 43.0 Å². The Morgan fingerprint density at radius 1 is 1.46 bits per heavy atom. The van der Waals surface area contributed by atoms with Gasteiger partial charge in [0.1, 0.15) is 6.61 Å². The van der Waals surface area contributed by atoms with Gasteiger partial charge in [0.15, 0.2) is 17.3 Å². The number of rotatable bonds is 5. The molecule has 26 heavy (non-hydrogen) atoms. The van der Waals surface area contributed by atoms with Crippen molar-refractivity contribution in [3.05, 3.63) is 47.5 Å². The second-order valence-electron chi connectivity index (χ2n) is 7.24. The third-order valence-corrected chi connectivity index (χ3v) is 4.78. The molecule has 2 aromatic rings. The molecule has 1 unspecified atom stereocenters. The lowest BCUT2D eigenvalue weighted by atomic mass is 9.84. The molecule has 0 spiro atoms. The number of hydrogen-bond donors (Lipinski definition) is 2. The largest absolute Gasteiger partial charge is 0.484 e. The summed E-state index contributed by atoms with van der Waals surface area (Å²) in [6, 6.07) is 7.77. The number of amides is 1. The summed E-state index contributed by atoms with van der Waals surface area (Å²) in [5.41, 5.74) is 0.0738. The molecule has 2 heterocycles. The van der Waals surface area contributed by atoms with Crippen molar-refractivity contribution in [2.24, 2.45) is 5.92 Å². The van der Waals surface area contributed by atoms with Crippen LogP contribution in [-0.2, 0) is 6.61 Å². The number of aliphatic hydroxyl groups is 1. The van der Waals surface area contributed by atoms with Crippen molar-refractivity contribution in [2.45, 2.75) is 38.9 Å². The number of hydrogen-bond acceptors (Lipinski definition) is 4. The quantitative estimate of drug-likeness (QED) is 0.858. The Hall–Kier alpha value is -2.41. The molecule has 3 rings (SSSR count). The smallest absolute Gasteiger partial charge is 0.274 e. The molecule has 1 aromatic carbocycles. The molecule has 0 aliphatic carbocycles. The highest BCUT2D eigenvalue weighted by Crippen LogP contribution is 2.27. The van der Waals surface area contributed by atoms with E-state index in [-0.39, 0.29) is 24.2 Å². The minimum atomic E-state index is -0.816. The van der Waals surface area contributed by atoms with Gasteiger partial charge in [0, 0.05) is 19.0 Å². The van der Waals surface area contributed by atoms with Gasteiger partial charge in [-0.1, -0.05) is 12.1 Å². The van der Waals surface area contributed by atoms with Gasteiger partial charge in [-0.15, -0.1) is 0 Å². The van der Waals surface area contributed by atoms with E-state index in [0.29, 0.717) is 24.5 Å². The predicted octanol–water partition coefficient (Wildman–Crippen LogP) is 2.75. The van der Waals surface area contributed by atoms with Gasteiger partial charge in [0.05, 0.1) is 11.3 Å². The summed E-state index contributed by atoms with van der Waals surface area (Å²) < 4.78 is 19.0. The molecule has 0 saturated carbocycles. The second-order valence-corrected chi connectivity index (χ2v) is 7.24. The number of carbonyl (C=O) groups is 1. The van der Waals surface area contributed by atoms with E-state index in [4.69, 9.17) is 4.74 Å². The molecule has 1 fully saturated rings. The number of nitrogens with one attached hydrogen (secondary N) is 1. The molecule has 1 saturated heterocycles. The Morgan fingerprint density at radius 3 is 2.96 bits per heavy atom. The van der Waals surface area contributed by atoms with Gasteiger partial charge in [0.25, 0.3) is 5.91 Å². The van der Waals surface area contributed by atoms with Crippen LogP contribution in [0, 0.1) is 11.7 Å². The van der Waals surface area contributed by atoms with Crippen LogP contribution in [0.2, 0.25) is 0 Å². The highest BCUT2D eigenvalue weighted by atomic mass is 19.1. The Balaban J connectivity index is 1.62. The van der Waals surface area contributed by atoms with Gasteiger partial charge >= 0.3 is 0 Å². The maximum absolute atomic E-state index is 13.6. The summed E-state index contributed by atoms with van der Waals surface area (Å²) >= 11 is 0. The maximum Gasteiger partial charge on any atom is 0.274 e. The minimum absolute atomic E-state index is 0.0444. The van der Waals surface area contributed by atoms with Gasteiger partial charge in [-0.2, -0.15) is 5.10 Å². The van der Waals surface area contributed by atoms with E-state index in [1.807, 2.05) is 0 Å². The minimum Gasteiger partial charge on any atom is -0.484 e. The molecule has 1 aliphatic heterocycles. The summed E-state index contributed by atoms with van der Waals surface area (Å²) in [4.78, 5) is 14.4. The van der Waals surface area contributed by atoms with Crippen LogP contribution in [0.15, 0.2) is 30.3 Å². The molecule has 2 N–H and O–H groups in total. The molecule has 7 heteroatoms. The average molecular weight is 361 g/mol. The number of aromatic nitrogens is 2. The molecule has 140 valence electrons. The Labute approximate surface area is 152 Å². The second kappa shape index (κ2) is 7.45. The van der Waals surface area contributed by atoms with Gasteiger partial charge < -0.3 is 14.7 Å². The Bertz CT molecular complexity index is 769. The van der Waals surface area contributed by atoms with E-state index >= 15 is 0 Å². The number of H-pyrrole nitrogens is 1. The summed E-state index contributed by atoms with van der Waals surface area (Å²) in [6.45, 7) is 4.81. The number of aromatic amines is 1. The third-order valence-electron chi connectivity index (χ3n) is 4.78. The Kier molecular flexibility index (Phi) is 5.27. The highest BCUT2D eigenvalue weighted by molar-refractivity contribution is 5.92. The molecular formula is C19H24FN3O3. The van der Waals surface area contributed by atoms with Crippen molar-refractivity contribution in [2.75, 3.05) is 13.1 Å². The molecule has 1 amide bonds. The van der Waals surface area contributed by atoms with Crippen LogP contribution in [0.1, 0.15) is 42.9 Å². The Morgan fingerprint density at radius 2 is 2.23 bits per heavy atom. The molecule has 1 aliphatic rings. The number of ether oxygens (including phenoxy) is 1. The summed E-state index contributed by atoms with van der Waals surface area (Å²) in [7, 11) is 0. The molecule has 0 bridgehead atoms. The average Bonchev–Trinajstić information content (AvgIpc) is 3.09. The zero-order valence-electron chi connectivity index (χ0n) is 15.0. The summed E-state index contributed by atoms with van der Waals surface area (Å²) in [5.74, 6) is -0.413. The number of para-hydroxylation sites is 1. The first-order chi connectivity index (χ1) is 12.3. The van der Waals surface area contributed by atoms with Gasteiger partial charge in [-0.25, -0.2) is 4.39 Å². The van der Waals surface area contributed by atoms with Crippen LogP contribution in [-0.4, -0.2) is 44.8 Å². The molecule has 0 radical (unpaired) electrons. The van der Waals surface area contributed by atoms with Crippen molar-refractivity contribution < 1.29 is 19.0 Å². The van der Waals surface area contributed by atoms with E-state index in [1.165, 1.54) is 6.07 Å². The summed E-state index contributed by atoms with van der Waals surface area (Å²) in [6.07, 6.45) is 1.75. The van der Waals surface area contributed by atoms with Gasteiger partial charge in [-0.3, -0.25) is 9.89 Å². The van der Waals surface area contributed by atoms with Crippen LogP contribution in [0.25, 0.3) is 0 Å². The first kappa shape index (κ1) is 18.4. The van der Waals surface area contributed by atoms with Crippen molar-refractivity contribution in [1.82, 2.24) is 15.1 Å². The standard InChI is InChI=1S/C19H24FN3O3/c1-19(2,25)13-6-5-9-23(11-13)18(24)16-10-14(21-22-16)12-26-17-8-4-3-7-15(17)20/h3-4,7-8,10,13,25H,5-6,9,11-12H2,1-2H3,(H,21,22). The van der Waals surface area contributed by atoms with Crippen LogP contribution in [0.3, 0.4) is 0 Å². The van der Waals surface area contributed by atoms with E-state index in [9.17, 15) is 14.3 Å². The lowest BCUT2D eigenvalue weighted by Crippen LogP contribution is -2.47. The third kappa shape index (κ3) is 4.22. The number of nitrogens with zero attached hydrogens (tertiary/aromatic N) is 2. The molecular weight excluding hydrogens is 337 g/mol. The number of halogens is 1. The van der Waals surface area contributed by atoms with Crippen LogP contribution in [0.4, 0.5) is 4.39 Å². The van der Waals surface area contributed by atoms with Crippen LogP contribution >= 0.6 is 0 Å². The maximum atomic E-state index is 13.6. The number of benzene rings is 1. The molecule has 6 nitrogen and oxygen atoms in total. The van der Waals surface area contributed by atoms with Gasteiger partial charge in [0.2, 0.25) is 0 Å². The monoisotopic (exact) mass is 361 g/mol. The fourth-order valence-corrected chi connectivity index (χ4v) is 3.16. The number of carbonyl (C=O) groups excluding carboxylic acids is 1. The fourth-order valence-electron chi connectivity index (χ4n) is 3.16. The summed E-state index contributed by atoms with van der Waals surface area (Å²) in [5, 5.41) is 17.0. The number of likely N-dealkylation sites (tertiary alicyclic amines) is 1. The van der Waals surface area contributed by atoms with E-state index in [0.717, 1.165) is 12.8 Å². The van der Waals surface area contributed by atoms with Crippen molar-refractivity contribution >= 4 is 5.91 Å². The van der Waals surface area contributed by atoms with Crippen LogP contribution in [0.5, 0.6) is 5.75 Å². The van der Waals surface area contributed by atoms with Gasteiger partial charge in [-0.05, 0) is 44.9 Å². The van der Waals surface area contributed by atoms with Crippen molar-refractivity contribution in [3.8, 4) is 5.75 Å². The first-order valence-electron chi connectivity index (χ1n) is 8.78. The topological polar surface area (TPSA) is 78.5 Å². The SMILES string of the molecule is CC(C)(O)C1CCCN(C(=O)c2cc(COc3ccccc3F)[nH]n2)C1. The zero-order chi connectivity index (χ0) is 18.7. The zero-order valence-corrected chi connectivity index (χ0v) is 15.0. The predicted molar refractivity (Wildman–Crippen MR) is 94.2 cm³/mol. The highest BCUT2D eigenvalue weighted by Gasteiger charge is 2.33. The van der Waals surface area contributed by atoms with Crippen molar-refractivity contribution in [3.63, 3.8) is 0 Å². The van der Waals surface area contributed by atoms with E-state index in [2.05, 4.69) is 10.2 Å². The molecule has 1 aromatic heterocycles. The first-order valence-corrected chi connectivity index (χ1v) is 8.78. The lowest BCUT2D eigenvalue weighted by Gasteiger charge is -2.38. The molecule has 1 atom stereocenters. The normalized spacial score (nSPS) is 18.0.